The Morgan fingerprint density at radius 1 is 0.290 bits per heavy atom. The number of carbonyl (C=O) groups excluding carboxylic acids is 4. The van der Waals surface area contributed by atoms with Gasteiger partial charge in [-0.1, -0.05) is 325 Å². The molecule has 5 atom stereocenters. The van der Waals surface area contributed by atoms with Crippen molar-refractivity contribution in [3.63, 3.8) is 0 Å². The zero-order valence-electron chi connectivity index (χ0n) is 60.7. The highest BCUT2D eigenvalue weighted by Gasteiger charge is 2.30. The van der Waals surface area contributed by atoms with Crippen LogP contribution < -0.4 is 0 Å². The third kappa shape index (κ3) is 68.4. The van der Waals surface area contributed by atoms with Gasteiger partial charge in [0.15, 0.2) is 12.2 Å². The molecule has 0 radical (unpaired) electrons. The number of unbranched alkanes of at least 4 members (excludes halogenated alkanes) is 40. The van der Waals surface area contributed by atoms with Crippen molar-refractivity contribution >= 4 is 39.5 Å². The molecule has 0 saturated carbocycles. The van der Waals surface area contributed by atoms with Crippen molar-refractivity contribution in [1.29, 1.82) is 0 Å². The highest BCUT2D eigenvalue weighted by atomic mass is 31.2. The Balaban J connectivity index is 5.26. The van der Waals surface area contributed by atoms with Gasteiger partial charge in [0.05, 0.1) is 26.4 Å². The summed E-state index contributed by atoms with van der Waals surface area (Å²) in [4.78, 5) is 72.7. The van der Waals surface area contributed by atoms with Crippen LogP contribution >= 0.6 is 15.6 Å². The second-order valence-corrected chi connectivity index (χ2v) is 31.0. The molecule has 0 aliphatic carbocycles. The second kappa shape index (κ2) is 64.7. The number of phosphoric acid groups is 2. The third-order valence-corrected chi connectivity index (χ3v) is 19.0. The van der Waals surface area contributed by atoms with Crippen LogP contribution in [0.1, 0.15) is 376 Å². The molecule has 0 amide bonds. The standard InChI is InChI=1S/C74H144O17P2/c1-8-9-10-11-12-13-27-34-41-48-55-71(76)84-61-69(91-74(79)58-51-44-37-30-23-22-26-33-40-47-54-67(6)7)63-88-92(80,81)86-59-68(75)60-87-93(82,83)89-64-70(62-85-72(77)56-49-42-35-28-21-17-19-25-32-39-46-53-66(4)5)90-73(78)57-50-43-36-29-20-16-14-15-18-24-31-38-45-52-65(2)3/h65-70,75H,8-64H2,1-7H3,(H,80,81)(H,82,83)/t68-,69+,70+/m0/s1. The molecule has 0 aliphatic rings. The maximum Gasteiger partial charge on any atom is 0.472 e. The van der Waals surface area contributed by atoms with Crippen LogP contribution in [0.2, 0.25) is 0 Å². The molecule has 0 spiro atoms. The van der Waals surface area contributed by atoms with Gasteiger partial charge in [0.1, 0.15) is 19.3 Å². The summed E-state index contributed by atoms with van der Waals surface area (Å²) in [5.41, 5.74) is 0. The minimum atomic E-state index is -4.96. The van der Waals surface area contributed by atoms with Crippen molar-refractivity contribution in [3.05, 3.63) is 0 Å². The largest absolute Gasteiger partial charge is 0.472 e. The first-order valence-electron chi connectivity index (χ1n) is 38.3. The van der Waals surface area contributed by atoms with E-state index in [0.717, 1.165) is 108 Å². The predicted octanol–water partition coefficient (Wildman–Crippen LogP) is 21.4. The van der Waals surface area contributed by atoms with E-state index in [2.05, 4.69) is 48.5 Å². The topological polar surface area (TPSA) is 237 Å². The lowest BCUT2D eigenvalue weighted by molar-refractivity contribution is -0.161. The number of ether oxygens (including phenoxy) is 4. The van der Waals surface area contributed by atoms with E-state index in [1.807, 2.05) is 0 Å². The summed E-state index contributed by atoms with van der Waals surface area (Å²) in [5, 5.41) is 10.6. The van der Waals surface area contributed by atoms with Gasteiger partial charge >= 0.3 is 39.5 Å². The van der Waals surface area contributed by atoms with Gasteiger partial charge in [0.25, 0.3) is 0 Å². The van der Waals surface area contributed by atoms with Gasteiger partial charge in [0, 0.05) is 25.7 Å². The van der Waals surface area contributed by atoms with E-state index < -0.39 is 97.5 Å². The molecule has 0 rings (SSSR count). The quantitative estimate of drug-likeness (QED) is 0.0222. The SMILES string of the molecule is CCCCCCCCCCCCC(=O)OC[C@H](COP(=O)(O)OC[C@H](O)COP(=O)(O)OC[C@@H](COC(=O)CCCCCCCCCCCCCC(C)C)OC(=O)CCCCCCCCCCCCCCCC(C)C)OC(=O)CCCCCCCCCCCCC(C)C. The van der Waals surface area contributed by atoms with Gasteiger partial charge in [-0.15, -0.1) is 0 Å². The molecule has 17 nitrogen and oxygen atoms in total. The molecule has 0 aromatic heterocycles. The van der Waals surface area contributed by atoms with Crippen LogP contribution in [0.3, 0.4) is 0 Å². The summed E-state index contributed by atoms with van der Waals surface area (Å²) < 4.78 is 68.5. The fraction of sp³-hybridized carbons (Fsp3) is 0.946. The Bertz CT molecular complexity index is 1820. The fourth-order valence-electron chi connectivity index (χ4n) is 11.2. The first kappa shape index (κ1) is 91.1. The molecule has 0 bridgehead atoms. The molecule has 0 aromatic carbocycles. The van der Waals surface area contributed by atoms with Crippen LogP contribution in [0.4, 0.5) is 0 Å². The third-order valence-electron chi connectivity index (χ3n) is 17.1. The lowest BCUT2D eigenvalue weighted by Crippen LogP contribution is -2.30. The monoisotopic (exact) mass is 1370 g/mol. The maximum atomic E-state index is 13.1. The normalized spacial score (nSPS) is 14.1. The van der Waals surface area contributed by atoms with Gasteiger partial charge in [-0.2, -0.15) is 0 Å². The van der Waals surface area contributed by atoms with Crippen molar-refractivity contribution in [3.8, 4) is 0 Å². The number of hydrogen-bond acceptors (Lipinski definition) is 15. The zero-order chi connectivity index (χ0) is 68.7. The van der Waals surface area contributed by atoms with E-state index >= 15 is 0 Å². The molecular weight excluding hydrogens is 1220 g/mol. The average Bonchev–Trinajstić information content (AvgIpc) is 3.67. The number of aliphatic hydroxyl groups excluding tert-OH is 1. The van der Waals surface area contributed by atoms with Crippen LogP contribution in [0.15, 0.2) is 0 Å². The number of carbonyl (C=O) groups is 4. The summed E-state index contributed by atoms with van der Waals surface area (Å²) >= 11 is 0. The molecule has 0 aliphatic heterocycles. The average molecular weight is 1370 g/mol. The van der Waals surface area contributed by atoms with Crippen LogP contribution in [0.5, 0.6) is 0 Å². The summed E-state index contributed by atoms with van der Waals surface area (Å²) in [6.45, 7) is 11.9. The van der Waals surface area contributed by atoms with Crippen molar-refractivity contribution in [1.82, 2.24) is 0 Å². The fourth-order valence-corrected chi connectivity index (χ4v) is 12.8. The predicted molar refractivity (Wildman–Crippen MR) is 377 cm³/mol. The molecule has 3 N–H and O–H groups in total. The summed E-state index contributed by atoms with van der Waals surface area (Å²) in [7, 11) is -9.91. The van der Waals surface area contributed by atoms with E-state index in [1.165, 1.54) is 186 Å². The second-order valence-electron chi connectivity index (χ2n) is 28.1. The lowest BCUT2D eigenvalue weighted by Gasteiger charge is -2.21. The number of esters is 4. The van der Waals surface area contributed by atoms with Gasteiger partial charge in [-0.05, 0) is 43.4 Å². The Morgan fingerprint density at radius 2 is 0.495 bits per heavy atom. The molecule has 552 valence electrons. The van der Waals surface area contributed by atoms with Gasteiger partial charge in [-0.25, -0.2) is 9.13 Å². The lowest BCUT2D eigenvalue weighted by atomic mass is 10.0. The molecule has 0 heterocycles. The molecule has 93 heavy (non-hydrogen) atoms. The van der Waals surface area contributed by atoms with Gasteiger partial charge in [-0.3, -0.25) is 37.3 Å². The molecule has 0 aromatic rings. The number of phosphoric ester groups is 2. The van der Waals surface area contributed by atoms with Crippen molar-refractivity contribution in [2.45, 2.75) is 394 Å². The Morgan fingerprint density at radius 3 is 0.731 bits per heavy atom. The zero-order valence-corrected chi connectivity index (χ0v) is 62.5. The van der Waals surface area contributed by atoms with Crippen LogP contribution in [0.25, 0.3) is 0 Å². The van der Waals surface area contributed by atoms with E-state index in [0.29, 0.717) is 25.7 Å². The van der Waals surface area contributed by atoms with Crippen molar-refractivity contribution in [2.75, 3.05) is 39.6 Å². The number of rotatable bonds is 72. The maximum absolute atomic E-state index is 13.1. The van der Waals surface area contributed by atoms with Crippen molar-refractivity contribution < 1.29 is 80.2 Å². The first-order chi connectivity index (χ1) is 44.7. The smallest absolute Gasteiger partial charge is 0.462 e. The highest BCUT2D eigenvalue weighted by molar-refractivity contribution is 7.47. The van der Waals surface area contributed by atoms with E-state index in [4.69, 9.17) is 37.0 Å². The van der Waals surface area contributed by atoms with E-state index in [9.17, 15) is 43.2 Å². The Hall–Kier alpha value is -1.94. The first-order valence-corrected chi connectivity index (χ1v) is 41.3. The molecular formula is C74H144O17P2. The molecule has 19 heteroatoms. The molecule has 2 unspecified atom stereocenters. The summed E-state index contributed by atoms with van der Waals surface area (Å²) in [6, 6.07) is 0. The highest BCUT2D eigenvalue weighted by Crippen LogP contribution is 2.45. The van der Waals surface area contributed by atoms with Crippen LogP contribution in [-0.2, 0) is 65.4 Å². The van der Waals surface area contributed by atoms with Crippen LogP contribution in [0, 0.1) is 17.8 Å². The van der Waals surface area contributed by atoms with Crippen LogP contribution in [-0.4, -0.2) is 96.7 Å². The minimum absolute atomic E-state index is 0.106. The number of hydrogen-bond donors (Lipinski definition) is 3. The Kier molecular flexibility index (Phi) is 63.4. The summed E-state index contributed by atoms with van der Waals surface area (Å²) in [6.07, 6.45) is 49.8. The summed E-state index contributed by atoms with van der Waals surface area (Å²) in [5.74, 6) is 0.190. The Labute approximate surface area is 568 Å². The van der Waals surface area contributed by atoms with Gasteiger partial charge < -0.3 is 33.8 Å². The minimum Gasteiger partial charge on any atom is -0.462 e. The van der Waals surface area contributed by atoms with E-state index in [-0.39, 0.29) is 25.7 Å². The van der Waals surface area contributed by atoms with Gasteiger partial charge in [0.2, 0.25) is 0 Å². The number of aliphatic hydroxyl groups is 1. The van der Waals surface area contributed by atoms with E-state index in [1.54, 1.807) is 0 Å². The van der Waals surface area contributed by atoms with Crippen molar-refractivity contribution in [2.24, 2.45) is 17.8 Å². The molecule has 0 fully saturated rings. The molecule has 0 saturated heterocycles.